The molecule has 0 N–H and O–H groups in total. The van der Waals surface area contributed by atoms with E-state index in [1.807, 2.05) is 0 Å². The fourth-order valence-corrected chi connectivity index (χ4v) is 1.50. The van der Waals surface area contributed by atoms with E-state index < -0.39 is 0 Å². The molecule has 0 saturated carbocycles. The van der Waals surface area contributed by atoms with Crippen molar-refractivity contribution in [3.8, 4) is 0 Å². The Labute approximate surface area is 74.2 Å². The van der Waals surface area contributed by atoms with Crippen LogP contribution in [-0.2, 0) is 4.79 Å². The Bertz CT molecular complexity index is 213. The molecule has 0 aromatic rings. The maximum Gasteiger partial charge on any atom is 0.152 e. The summed E-state index contributed by atoms with van der Waals surface area (Å²) >= 11 is 0. The van der Waals surface area contributed by atoms with E-state index in [0.29, 0.717) is 11.8 Å². The van der Waals surface area contributed by atoms with Gasteiger partial charge in [0.1, 0.15) is 0 Å². The van der Waals surface area contributed by atoms with Crippen molar-refractivity contribution in [2.45, 2.75) is 26.7 Å². The molecule has 1 rings (SSSR count). The molecule has 0 bridgehead atoms. The Morgan fingerprint density at radius 3 is 2.67 bits per heavy atom. The molecule has 0 aromatic carbocycles. The van der Waals surface area contributed by atoms with Gasteiger partial charge in [-0.2, -0.15) is 0 Å². The Morgan fingerprint density at radius 1 is 1.42 bits per heavy atom. The molecular formula is C11H16O. The van der Waals surface area contributed by atoms with E-state index in [9.17, 15) is 4.79 Å². The molecular weight excluding hydrogens is 148 g/mol. The lowest BCUT2D eigenvalue weighted by molar-refractivity contribution is -0.112. The minimum atomic E-state index is 0.150. The Kier molecular flexibility index (Phi) is 3.27. The van der Waals surface area contributed by atoms with Crippen molar-refractivity contribution in [3.05, 3.63) is 24.3 Å². The van der Waals surface area contributed by atoms with Crippen LogP contribution in [-0.4, -0.2) is 5.78 Å². The molecule has 0 heterocycles. The van der Waals surface area contributed by atoms with Crippen LogP contribution in [0.3, 0.4) is 0 Å². The summed E-state index contributed by atoms with van der Waals surface area (Å²) in [5.41, 5.74) is 0. The fraction of sp³-hybridized carbons (Fsp3) is 0.545. The van der Waals surface area contributed by atoms with Crippen LogP contribution in [0.1, 0.15) is 26.7 Å². The van der Waals surface area contributed by atoms with Crippen LogP contribution in [0.15, 0.2) is 24.3 Å². The van der Waals surface area contributed by atoms with E-state index in [2.05, 4.69) is 25.2 Å². The van der Waals surface area contributed by atoms with Gasteiger partial charge < -0.3 is 0 Å². The third kappa shape index (κ3) is 2.65. The Hall–Kier alpha value is -0.850. The number of ketones is 1. The summed E-state index contributed by atoms with van der Waals surface area (Å²) in [6, 6.07) is 0. The zero-order valence-electron chi connectivity index (χ0n) is 7.79. The van der Waals surface area contributed by atoms with Crippen LogP contribution in [0.25, 0.3) is 0 Å². The first-order valence-electron chi connectivity index (χ1n) is 4.54. The maximum absolute atomic E-state index is 10.7. The monoisotopic (exact) mass is 164 g/mol. The van der Waals surface area contributed by atoms with Crippen molar-refractivity contribution >= 4 is 5.78 Å². The highest BCUT2D eigenvalue weighted by molar-refractivity contribution is 5.87. The van der Waals surface area contributed by atoms with E-state index in [1.54, 1.807) is 13.0 Å². The summed E-state index contributed by atoms with van der Waals surface area (Å²) in [5, 5.41) is 0. The second kappa shape index (κ2) is 4.24. The van der Waals surface area contributed by atoms with Gasteiger partial charge in [0.15, 0.2) is 5.78 Å². The number of hydrogen-bond donors (Lipinski definition) is 0. The van der Waals surface area contributed by atoms with Gasteiger partial charge in [-0.1, -0.05) is 25.2 Å². The van der Waals surface area contributed by atoms with E-state index in [-0.39, 0.29) is 5.78 Å². The summed E-state index contributed by atoms with van der Waals surface area (Å²) in [6.45, 7) is 3.83. The third-order valence-electron chi connectivity index (χ3n) is 2.39. The number of carbonyl (C=O) groups is 1. The molecule has 1 nitrogen and oxygen atoms in total. The highest BCUT2D eigenvalue weighted by Crippen LogP contribution is 2.25. The molecule has 0 amide bonds. The van der Waals surface area contributed by atoms with Gasteiger partial charge in [0.05, 0.1) is 0 Å². The molecule has 66 valence electrons. The van der Waals surface area contributed by atoms with Crippen LogP contribution in [0.2, 0.25) is 0 Å². The lowest BCUT2D eigenvalue weighted by Gasteiger charge is -2.21. The van der Waals surface area contributed by atoms with Crippen molar-refractivity contribution in [1.29, 1.82) is 0 Å². The van der Waals surface area contributed by atoms with E-state index in [0.717, 1.165) is 12.8 Å². The molecule has 0 radical (unpaired) electrons. The molecule has 0 fully saturated rings. The first kappa shape index (κ1) is 9.24. The summed E-state index contributed by atoms with van der Waals surface area (Å²) in [5.74, 6) is 1.40. The first-order valence-corrected chi connectivity index (χ1v) is 4.54. The average Bonchev–Trinajstić information content (AvgIpc) is 2.03. The van der Waals surface area contributed by atoms with Gasteiger partial charge in [-0.25, -0.2) is 0 Å². The van der Waals surface area contributed by atoms with Crippen LogP contribution in [0, 0.1) is 11.8 Å². The molecule has 1 aliphatic rings. The summed E-state index contributed by atoms with van der Waals surface area (Å²) in [4.78, 5) is 10.7. The van der Waals surface area contributed by atoms with Crippen LogP contribution in [0.5, 0.6) is 0 Å². The SMILES string of the molecule is CC(=O)C=CC1CC=CCC1C. The number of carbonyl (C=O) groups excluding carboxylic acids is 1. The zero-order chi connectivity index (χ0) is 8.97. The van der Waals surface area contributed by atoms with Gasteiger partial charge in [0, 0.05) is 0 Å². The predicted molar refractivity (Wildman–Crippen MR) is 50.8 cm³/mol. The Morgan fingerprint density at radius 2 is 2.08 bits per heavy atom. The molecule has 0 aromatic heterocycles. The van der Waals surface area contributed by atoms with Crippen molar-refractivity contribution in [2.75, 3.05) is 0 Å². The van der Waals surface area contributed by atoms with Crippen LogP contribution >= 0.6 is 0 Å². The normalized spacial score (nSPS) is 29.5. The van der Waals surface area contributed by atoms with Crippen molar-refractivity contribution in [2.24, 2.45) is 11.8 Å². The molecule has 2 unspecified atom stereocenters. The van der Waals surface area contributed by atoms with Crippen LogP contribution < -0.4 is 0 Å². The third-order valence-corrected chi connectivity index (χ3v) is 2.39. The van der Waals surface area contributed by atoms with E-state index in [1.165, 1.54) is 0 Å². The van der Waals surface area contributed by atoms with Gasteiger partial charge in [-0.15, -0.1) is 0 Å². The highest BCUT2D eigenvalue weighted by atomic mass is 16.1. The minimum absolute atomic E-state index is 0.150. The van der Waals surface area contributed by atoms with Gasteiger partial charge in [-0.3, -0.25) is 4.79 Å². The van der Waals surface area contributed by atoms with Gasteiger partial charge in [0.25, 0.3) is 0 Å². The van der Waals surface area contributed by atoms with Gasteiger partial charge in [-0.05, 0) is 37.7 Å². The van der Waals surface area contributed by atoms with Crippen LogP contribution in [0.4, 0.5) is 0 Å². The predicted octanol–water partition coefficient (Wildman–Crippen LogP) is 2.73. The minimum Gasteiger partial charge on any atom is -0.295 e. The summed E-state index contributed by atoms with van der Waals surface area (Å²) in [7, 11) is 0. The molecule has 0 spiro atoms. The average molecular weight is 164 g/mol. The second-order valence-corrected chi connectivity index (χ2v) is 3.55. The quantitative estimate of drug-likeness (QED) is 0.453. The standard InChI is InChI=1S/C11H16O/c1-9-5-3-4-6-11(9)8-7-10(2)12/h3-4,7-9,11H,5-6H2,1-2H3. The fourth-order valence-electron chi connectivity index (χ4n) is 1.50. The molecule has 1 aliphatic carbocycles. The number of rotatable bonds is 2. The lowest BCUT2D eigenvalue weighted by Crippen LogP contribution is -2.11. The molecule has 0 saturated heterocycles. The molecule has 2 atom stereocenters. The number of allylic oxidation sites excluding steroid dienone is 4. The largest absolute Gasteiger partial charge is 0.295 e. The highest BCUT2D eigenvalue weighted by Gasteiger charge is 2.14. The van der Waals surface area contributed by atoms with Gasteiger partial charge in [0.2, 0.25) is 0 Å². The Balaban J connectivity index is 2.51. The first-order chi connectivity index (χ1) is 5.70. The van der Waals surface area contributed by atoms with Crippen molar-refractivity contribution in [1.82, 2.24) is 0 Å². The molecule has 12 heavy (non-hydrogen) atoms. The maximum atomic E-state index is 10.7. The molecule has 1 heteroatoms. The van der Waals surface area contributed by atoms with E-state index in [4.69, 9.17) is 0 Å². The topological polar surface area (TPSA) is 17.1 Å². The smallest absolute Gasteiger partial charge is 0.152 e. The van der Waals surface area contributed by atoms with Crippen molar-refractivity contribution < 1.29 is 4.79 Å². The van der Waals surface area contributed by atoms with Gasteiger partial charge >= 0.3 is 0 Å². The molecule has 0 aliphatic heterocycles. The zero-order valence-corrected chi connectivity index (χ0v) is 7.79. The van der Waals surface area contributed by atoms with Crippen molar-refractivity contribution in [3.63, 3.8) is 0 Å². The number of hydrogen-bond acceptors (Lipinski definition) is 1. The lowest BCUT2D eigenvalue weighted by atomic mass is 9.84. The van der Waals surface area contributed by atoms with E-state index >= 15 is 0 Å². The summed E-state index contributed by atoms with van der Waals surface area (Å²) < 4.78 is 0. The summed E-state index contributed by atoms with van der Waals surface area (Å²) in [6.07, 6.45) is 10.4. The second-order valence-electron chi connectivity index (χ2n) is 3.55.